The SMILES string of the molecule is CC1=C(CO)C(=O)OC(C(C)C2CCC3C4CC=C5CC(OC6OC(CO)C(O)C(O)C6O)CC(=O)C5(CO)C4CCC23C)C1. The van der Waals surface area contributed by atoms with Crippen LogP contribution in [0.1, 0.15) is 72.1 Å². The molecule has 252 valence electrons. The zero-order valence-corrected chi connectivity index (χ0v) is 26.5. The van der Waals surface area contributed by atoms with Gasteiger partial charge < -0.3 is 44.8 Å². The minimum absolute atomic E-state index is 0.000129. The van der Waals surface area contributed by atoms with E-state index in [1.807, 2.05) is 6.92 Å². The number of allylic oxidation sites excluding steroid dienone is 1. The lowest BCUT2D eigenvalue weighted by molar-refractivity contribution is -0.312. The molecule has 2 heterocycles. The minimum Gasteiger partial charge on any atom is -0.458 e. The molecule has 4 aliphatic carbocycles. The van der Waals surface area contributed by atoms with Crippen molar-refractivity contribution in [1.29, 1.82) is 0 Å². The predicted molar refractivity (Wildman–Crippen MR) is 159 cm³/mol. The monoisotopic (exact) mass is 634 g/mol. The Labute approximate surface area is 264 Å². The summed E-state index contributed by atoms with van der Waals surface area (Å²) in [5.41, 5.74) is 1.15. The Balaban J connectivity index is 1.19. The maximum atomic E-state index is 14.1. The topological polar surface area (TPSA) is 183 Å². The number of cyclic esters (lactones) is 1. The van der Waals surface area contributed by atoms with Gasteiger partial charge in [0.1, 0.15) is 36.3 Å². The second kappa shape index (κ2) is 12.4. The lowest BCUT2D eigenvalue weighted by atomic mass is 9.46. The Hall–Kier alpha value is -1.70. The normalized spacial score (nSPS) is 47.4. The predicted octanol–water partition coefficient (Wildman–Crippen LogP) is 1.16. The maximum Gasteiger partial charge on any atom is 0.336 e. The molecule has 0 aromatic carbocycles. The Morgan fingerprint density at radius 1 is 1.00 bits per heavy atom. The van der Waals surface area contributed by atoms with Crippen LogP contribution in [0.4, 0.5) is 0 Å². The molecule has 0 amide bonds. The molecular formula is C34H50O11. The quantitative estimate of drug-likeness (QED) is 0.175. The third-order valence-corrected chi connectivity index (χ3v) is 13.0. The average molecular weight is 635 g/mol. The van der Waals surface area contributed by atoms with E-state index in [2.05, 4.69) is 19.9 Å². The number of aliphatic hydroxyl groups excluding tert-OH is 6. The van der Waals surface area contributed by atoms with Crippen molar-refractivity contribution in [3.8, 4) is 0 Å². The molecule has 4 fully saturated rings. The fourth-order valence-corrected chi connectivity index (χ4v) is 10.6. The summed E-state index contributed by atoms with van der Waals surface area (Å²) < 4.78 is 17.4. The van der Waals surface area contributed by atoms with Crippen LogP contribution in [0.3, 0.4) is 0 Å². The summed E-state index contributed by atoms with van der Waals surface area (Å²) in [5, 5.41) is 60.9. The fraction of sp³-hybridized carbons (Fsp3) is 0.824. The molecule has 45 heavy (non-hydrogen) atoms. The van der Waals surface area contributed by atoms with Gasteiger partial charge in [-0.15, -0.1) is 0 Å². The molecule has 3 saturated carbocycles. The minimum atomic E-state index is -1.57. The van der Waals surface area contributed by atoms with Crippen molar-refractivity contribution in [1.82, 2.24) is 0 Å². The van der Waals surface area contributed by atoms with E-state index in [0.717, 1.165) is 43.3 Å². The number of Topliss-reactive ketones (excluding diaryl/α,β-unsaturated/α-hetero) is 1. The van der Waals surface area contributed by atoms with Gasteiger partial charge in [-0.3, -0.25) is 4.79 Å². The number of fused-ring (bicyclic) bond motifs is 5. The van der Waals surface area contributed by atoms with Gasteiger partial charge in [0.25, 0.3) is 0 Å². The molecule has 0 aromatic rings. The van der Waals surface area contributed by atoms with Crippen LogP contribution in [0.25, 0.3) is 0 Å². The van der Waals surface area contributed by atoms with Gasteiger partial charge >= 0.3 is 5.97 Å². The molecule has 14 atom stereocenters. The molecular weight excluding hydrogens is 584 g/mol. The molecule has 14 unspecified atom stereocenters. The lowest BCUT2D eigenvalue weighted by Gasteiger charge is -2.58. The number of carbonyl (C=O) groups is 2. The van der Waals surface area contributed by atoms with E-state index in [-0.39, 0.29) is 54.7 Å². The molecule has 0 radical (unpaired) electrons. The Morgan fingerprint density at radius 2 is 1.76 bits per heavy atom. The van der Waals surface area contributed by atoms with Crippen LogP contribution >= 0.6 is 0 Å². The first-order valence-electron chi connectivity index (χ1n) is 16.7. The first-order valence-corrected chi connectivity index (χ1v) is 16.7. The van der Waals surface area contributed by atoms with Gasteiger partial charge in [0.05, 0.1) is 36.9 Å². The highest BCUT2D eigenvalue weighted by Gasteiger charge is 2.63. The third kappa shape index (κ3) is 5.17. The number of aliphatic hydroxyl groups is 6. The number of ether oxygens (including phenoxy) is 3. The van der Waals surface area contributed by atoms with E-state index in [0.29, 0.717) is 30.3 Å². The maximum absolute atomic E-state index is 14.1. The molecule has 0 aromatic heterocycles. The summed E-state index contributed by atoms with van der Waals surface area (Å²) in [7, 11) is 0. The highest BCUT2D eigenvalue weighted by molar-refractivity contribution is 5.91. The lowest BCUT2D eigenvalue weighted by Crippen LogP contribution is -2.61. The van der Waals surface area contributed by atoms with Gasteiger partial charge in [0, 0.05) is 12.8 Å². The Kier molecular flexibility index (Phi) is 9.15. The van der Waals surface area contributed by atoms with Crippen molar-refractivity contribution in [3.05, 3.63) is 22.8 Å². The van der Waals surface area contributed by atoms with E-state index >= 15 is 0 Å². The zero-order chi connectivity index (χ0) is 32.4. The molecule has 0 spiro atoms. The van der Waals surface area contributed by atoms with Gasteiger partial charge in [-0.05, 0) is 80.5 Å². The Morgan fingerprint density at radius 3 is 2.42 bits per heavy atom. The van der Waals surface area contributed by atoms with Crippen LogP contribution < -0.4 is 0 Å². The summed E-state index contributed by atoms with van der Waals surface area (Å²) in [6.07, 6.45) is -0.197. The van der Waals surface area contributed by atoms with E-state index in [9.17, 15) is 40.2 Å². The van der Waals surface area contributed by atoms with Gasteiger partial charge in [-0.2, -0.15) is 0 Å². The number of hydrogen-bond acceptors (Lipinski definition) is 11. The van der Waals surface area contributed by atoms with Crippen LogP contribution in [-0.4, -0.2) is 105 Å². The average Bonchev–Trinajstić information content (AvgIpc) is 3.37. The molecule has 2 aliphatic heterocycles. The van der Waals surface area contributed by atoms with Gasteiger partial charge in [0.15, 0.2) is 6.29 Å². The van der Waals surface area contributed by atoms with Crippen LogP contribution in [0.15, 0.2) is 22.8 Å². The first kappa shape index (κ1) is 33.2. The number of hydrogen-bond donors (Lipinski definition) is 6. The largest absolute Gasteiger partial charge is 0.458 e. The smallest absolute Gasteiger partial charge is 0.336 e. The molecule has 1 saturated heterocycles. The molecule has 6 aliphatic rings. The summed E-state index contributed by atoms with van der Waals surface area (Å²) in [4.78, 5) is 26.7. The summed E-state index contributed by atoms with van der Waals surface area (Å²) in [5.74, 6) is 0.591. The highest BCUT2D eigenvalue weighted by atomic mass is 16.7. The van der Waals surface area contributed by atoms with Gasteiger partial charge in [0.2, 0.25) is 0 Å². The Bertz CT molecular complexity index is 1230. The van der Waals surface area contributed by atoms with Crippen molar-refractivity contribution in [2.75, 3.05) is 19.8 Å². The number of rotatable bonds is 7. The second-order valence-corrected chi connectivity index (χ2v) is 14.9. The first-order chi connectivity index (χ1) is 21.4. The molecule has 6 N–H and O–H groups in total. The molecule has 0 bridgehead atoms. The molecule has 11 nitrogen and oxygen atoms in total. The summed E-state index contributed by atoms with van der Waals surface area (Å²) in [6.45, 7) is 5.31. The van der Waals surface area contributed by atoms with Crippen molar-refractivity contribution >= 4 is 11.8 Å². The van der Waals surface area contributed by atoms with Crippen molar-refractivity contribution in [2.24, 2.45) is 40.4 Å². The van der Waals surface area contributed by atoms with Crippen LogP contribution in [0.5, 0.6) is 0 Å². The van der Waals surface area contributed by atoms with Crippen molar-refractivity contribution in [2.45, 2.75) is 115 Å². The number of ketones is 1. The van der Waals surface area contributed by atoms with Crippen LogP contribution in [0.2, 0.25) is 0 Å². The number of esters is 1. The van der Waals surface area contributed by atoms with Crippen molar-refractivity contribution in [3.63, 3.8) is 0 Å². The molecule has 11 heteroatoms. The fourth-order valence-electron chi connectivity index (χ4n) is 10.6. The summed E-state index contributed by atoms with van der Waals surface area (Å²) >= 11 is 0. The van der Waals surface area contributed by atoms with Gasteiger partial charge in [-0.25, -0.2) is 4.79 Å². The third-order valence-electron chi connectivity index (χ3n) is 13.0. The van der Waals surface area contributed by atoms with E-state index in [1.54, 1.807) is 0 Å². The summed E-state index contributed by atoms with van der Waals surface area (Å²) in [6, 6.07) is 0. The van der Waals surface area contributed by atoms with Crippen LogP contribution in [-0.2, 0) is 23.8 Å². The second-order valence-electron chi connectivity index (χ2n) is 14.9. The van der Waals surface area contributed by atoms with E-state index in [1.165, 1.54) is 0 Å². The standard InChI is InChI=1S/C34H50O11/c1-16-10-25(44-31(42)21(16)13-35)17(2)22-6-7-23-20-5-4-18-11-19(43-32-30(41)29(40)28(39)26(14-36)45-32)12-27(38)34(18,15-37)24(20)8-9-33(22,23)3/h4,17,19-20,22-26,28-30,32,35-37,39-41H,5-15H2,1-3H3. The van der Waals surface area contributed by atoms with Gasteiger partial charge in [-0.1, -0.05) is 31.1 Å². The highest BCUT2D eigenvalue weighted by Crippen LogP contribution is 2.67. The van der Waals surface area contributed by atoms with Crippen LogP contribution in [0, 0.1) is 40.4 Å². The van der Waals surface area contributed by atoms with E-state index in [4.69, 9.17) is 14.2 Å². The zero-order valence-electron chi connectivity index (χ0n) is 26.5. The van der Waals surface area contributed by atoms with E-state index < -0.39 is 54.8 Å². The number of carbonyl (C=O) groups excluding carboxylic acids is 2. The van der Waals surface area contributed by atoms with Crippen molar-refractivity contribution < 1.29 is 54.4 Å². The molecule has 6 rings (SSSR count).